The molecule has 2 aromatic rings. The van der Waals surface area contributed by atoms with E-state index in [0.717, 1.165) is 16.8 Å². The number of carbonyl (C=O) groups excluding carboxylic acids is 3. The van der Waals surface area contributed by atoms with Crippen LogP contribution >= 0.6 is 12.6 Å². The molecule has 8 heteroatoms. The predicted molar refractivity (Wildman–Crippen MR) is 138 cm³/mol. The third kappa shape index (κ3) is 7.25. The van der Waals surface area contributed by atoms with Crippen LogP contribution in [0.25, 0.3) is 0 Å². The molecule has 184 valence electrons. The molecular weight excluding hydrogens is 450 g/mol. The molecule has 2 unspecified atom stereocenters. The lowest BCUT2D eigenvalue weighted by atomic mass is 10.0. The number of carbonyl (C=O) groups is 3. The van der Waals surface area contributed by atoms with Gasteiger partial charge in [-0.05, 0) is 58.2 Å². The van der Waals surface area contributed by atoms with E-state index in [4.69, 9.17) is 4.74 Å². The number of nitrogens with zero attached hydrogens (tertiary/aromatic N) is 1. The van der Waals surface area contributed by atoms with Gasteiger partial charge in [0, 0.05) is 18.0 Å². The average Bonchev–Trinajstić information content (AvgIpc) is 2.77. The number of rotatable bonds is 8. The maximum Gasteiger partial charge on any atom is 0.408 e. The van der Waals surface area contributed by atoms with Crippen LogP contribution in [0.2, 0.25) is 0 Å². The molecule has 2 rings (SSSR count). The number of likely N-dealkylation sites (N-methyl/N-ethyl adjacent to an activating group) is 1. The van der Waals surface area contributed by atoms with Crippen LogP contribution in [0.1, 0.15) is 50.4 Å². The highest BCUT2D eigenvalue weighted by Crippen LogP contribution is 2.26. The number of hydrogen-bond acceptors (Lipinski definition) is 5. The molecule has 0 saturated carbocycles. The Balaban J connectivity index is 2.38. The summed E-state index contributed by atoms with van der Waals surface area (Å²) in [6, 6.07) is 13.0. The maximum atomic E-state index is 13.6. The van der Waals surface area contributed by atoms with Crippen LogP contribution in [0.3, 0.4) is 0 Å². The van der Waals surface area contributed by atoms with Crippen LogP contribution in [0.5, 0.6) is 0 Å². The minimum atomic E-state index is -0.961. The van der Waals surface area contributed by atoms with Crippen molar-refractivity contribution in [3.8, 4) is 0 Å². The molecule has 7 nitrogen and oxygen atoms in total. The zero-order valence-corrected chi connectivity index (χ0v) is 21.6. The van der Waals surface area contributed by atoms with E-state index in [9.17, 15) is 14.4 Å². The van der Waals surface area contributed by atoms with Crippen molar-refractivity contribution in [2.24, 2.45) is 0 Å². The molecular formula is C26H35N3O4S. The fourth-order valence-corrected chi connectivity index (χ4v) is 3.86. The second-order valence-corrected chi connectivity index (χ2v) is 9.44. The minimum Gasteiger partial charge on any atom is -0.444 e. The summed E-state index contributed by atoms with van der Waals surface area (Å²) in [6.45, 7) is 11.1. The number of para-hydroxylation sites is 1. The van der Waals surface area contributed by atoms with Crippen LogP contribution in [0.4, 0.5) is 10.5 Å². The predicted octanol–water partition coefficient (Wildman–Crippen LogP) is 4.65. The number of aryl methyl sites for hydroxylation is 2. The van der Waals surface area contributed by atoms with Gasteiger partial charge in [-0.15, -0.1) is 0 Å². The number of thiol groups is 1. The van der Waals surface area contributed by atoms with E-state index in [1.54, 1.807) is 27.7 Å². The highest BCUT2D eigenvalue weighted by Gasteiger charge is 2.35. The molecule has 0 aromatic heterocycles. The highest BCUT2D eigenvalue weighted by atomic mass is 32.1. The van der Waals surface area contributed by atoms with Crippen LogP contribution in [0.15, 0.2) is 48.5 Å². The first-order chi connectivity index (χ1) is 16.0. The van der Waals surface area contributed by atoms with Gasteiger partial charge in [-0.1, -0.05) is 48.5 Å². The van der Waals surface area contributed by atoms with Crippen molar-refractivity contribution < 1.29 is 19.1 Å². The first kappa shape index (κ1) is 27.2. The lowest BCUT2D eigenvalue weighted by molar-refractivity contribution is -0.140. The molecule has 0 saturated heterocycles. The average molecular weight is 486 g/mol. The Labute approximate surface area is 207 Å². The van der Waals surface area contributed by atoms with Gasteiger partial charge in [-0.3, -0.25) is 9.59 Å². The normalized spacial score (nSPS) is 12.9. The molecule has 0 spiro atoms. The van der Waals surface area contributed by atoms with E-state index in [0.29, 0.717) is 5.56 Å². The first-order valence-corrected chi connectivity index (χ1v) is 11.9. The summed E-state index contributed by atoms with van der Waals surface area (Å²) in [4.78, 5) is 40.9. The van der Waals surface area contributed by atoms with E-state index in [2.05, 4.69) is 23.3 Å². The topological polar surface area (TPSA) is 87.7 Å². The molecule has 0 heterocycles. The van der Waals surface area contributed by atoms with E-state index in [1.165, 1.54) is 4.90 Å². The van der Waals surface area contributed by atoms with Gasteiger partial charge < -0.3 is 20.3 Å². The number of hydrogen-bond donors (Lipinski definition) is 3. The summed E-state index contributed by atoms with van der Waals surface area (Å²) in [5, 5.41) is 5.60. The van der Waals surface area contributed by atoms with E-state index in [1.807, 2.05) is 62.4 Å². The van der Waals surface area contributed by atoms with E-state index < -0.39 is 29.7 Å². The van der Waals surface area contributed by atoms with Crippen molar-refractivity contribution in [1.82, 2.24) is 10.2 Å². The molecule has 0 aliphatic carbocycles. The Kier molecular flexibility index (Phi) is 9.55. The molecule has 0 aliphatic rings. The standard InChI is InChI=1S/C26H35N3O4S/c1-7-29(24(31)20(16-34)27-25(32)33-26(4,5)6)22(19-14-9-8-10-15-19)23(30)28-21-17(2)12-11-13-18(21)3/h8-15,20,22,34H,7,16H2,1-6H3,(H,27,32)(H,28,30). The number of alkyl carbamates (subject to hydrolysis) is 1. The Morgan fingerprint density at radius 2 is 1.59 bits per heavy atom. The Morgan fingerprint density at radius 3 is 2.09 bits per heavy atom. The van der Waals surface area contributed by atoms with Gasteiger partial charge in [0.2, 0.25) is 5.91 Å². The third-order valence-corrected chi connectivity index (χ3v) is 5.57. The smallest absolute Gasteiger partial charge is 0.408 e. The number of amides is 3. The molecule has 3 amide bonds. The van der Waals surface area contributed by atoms with E-state index >= 15 is 0 Å². The quantitative estimate of drug-likeness (QED) is 0.475. The van der Waals surface area contributed by atoms with Gasteiger partial charge in [-0.2, -0.15) is 12.6 Å². The van der Waals surface area contributed by atoms with Crippen LogP contribution in [-0.2, 0) is 14.3 Å². The zero-order valence-electron chi connectivity index (χ0n) is 20.7. The van der Waals surface area contributed by atoms with Crippen molar-refractivity contribution in [3.05, 3.63) is 65.2 Å². The lowest BCUT2D eigenvalue weighted by Crippen LogP contribution is -2.53. The summed E-state index contributed by atoms with van der Waals surface area (Å²) in [6.07, 6.45) is -0.716. The second-order valence-electron chi connectivity index (χ2n) is 9.07. The number of benzene rings is 2. The maximum absolute atomic E-state index is 13.6. The SMILES string of the molecule is CCN(C(=O)C(CS)NC(=O)OC(C)(C)C)C(C(=O)Nc1c(C)cccc1C)c1ccccc1. The lowest BCUT2D eigenvalue weighted by Gasteiger charge is -2.33. The third-order valence-electron chi connectivity index (χ3n) is 5.20. The molecule has 0 aliphatic heterocycles. The first-order valence-electron chi connectivity index (χ1n) is 11.3. The fourth-order valence-electron chi connectivity index (χ4n) is 3.61. The summed E-state index contributed by atoms with van der Waals surface area (Å²) in [5.41, 5.74) is 2.52. The Bertz CT molecular complexity index is 985. The summed E-state index contributed by atoms with van der Waals surface area (Å²) >= 11 is 4.27. The summed E-state index contributed by atoms with van der Waals surface area (Å²) < 4.78 is 5.30. The van der Waals surface area contributed by atoms with Crippen LogP contribution < -0.4 is 10.6 Å². The Morgan fingerprint density at radius 1 is 1.00 bits per heavy atom. The van der Waals surface area contributed by atoms with Crippen molar-refractivity contribution >= 4 is 36.2 Å². The van der Waals surface area contributed by atoms with Gasteiger partial charge >= 0.3 is 6.09 Å². The van der Waals surface area contributed by atoms with Crippen LogP contribution in [-0.4, -0.2) is 46.7 Å². The Hall–Kier alpha value is -3.00. The fraction of sp³-hybridized carbons (Fsp3) is 0.423. The van der Waals surface area contributed by atoms with Gasteiger partial charge in [0.25, 0.3) is 5.91 Å². The number of ether oxygens (including phenoxy) is 1. The molecule has 2 atom stereocenters. The minimum absolute atomic E-state index is 0.0502. The molecule has 0 radical (unpaired) electrons. The van der Waals surface area contributed by atoms with Crippen LogP contribution in [0, 0.1) is 13.8 Å². The zero-order chi connectivity index (χ0) is 25.5. The van der Waals surface area contributed by atoms with Gasteiger partial charge in [0.15, 0.2) is 0 Å². The number of nitrogens with one attached hydrogen (secondary N) is 2. The van der Waals surface area contributed by atoms with Gasteiger partial charge in [0.05, 0.1) is 0 Å². The summed E-state index contributed by atoms with van der Waals surface area (Å²) in [5.74, 6) is -0.711. The van der Waals surface area contributed by atoms with Crippen molar-refractivity contribution in [3.63, 3.8) is 0 Å². The highest BCUT2D eigenvalue weighted by molar-refractivity contribution is 7.80. The largest absolute Gasteiger partial charge is 0.444 e. The monoisotopic (exact) mass is 485 g/mol. The van der Waals surface area contributed by atoms with Gasteiger partial charge in [0.1, 0.15) is 17.7 Å². The second kappa shape index (κ2) is 11.9. The van der Waals surface area contributed by atoms with E-state index in [-0.39, 0.29) is 18.2 Å². The molecule has 34 heavy (non-hydrogen) atoms. The molecule has 2 N–H and O–H groups in total. The molecule has 0 bridgehead atoms. The molecule has 0 fully saturated rings. The van der Waals surface area contributed by atoms with Crippen molar-refractivity contribution in [1.29, 1.82) is 0 Å². The van der Waals surface area contributed by atoms with Crippen molar-refractivity contribution in [2.45, 2.75) is 59.2 Å². The van der Waals surface area contributed by atoms with Crippen molar-refractivity contribution in [2.75, 3.05) is 17.6 Å². The van der Waals surface area contributed by atoms with Gasteiger partial charge in [-0.25, -0.2) is 4.79 Å². The number of anilines is 1. The molecule has 2 aromatic carbocycles. The summed E-state index contributed by atoms with van der Waals surface area (Å²) in [7, 11) is 0.